The Kier molecular flexibility index (Phi) is 8.05. The van der Waals surface area contributed by atoms with Gasteiger partial charge in [0.05, 0.1) is 12.6 Å². The van der Waals surface area contributed by atoms with Crippen molar-refractivity contribution in [2.45, 2.75) is 90.2 Å². The third-order valence-electron chi connectivity index (χ3n) is 8.62. The number of aliphatic hydroxyl groups excluding tert-OH is 1. The molecule has 4 N–H and O–H groups in total. The van der Waals surface area contributed by atoms with Crippen LogP contribution in [-0.2, 0) is 14.3 Å². The standard InChI is InChI=1S/C26H43N3O5/c1-16(2)7-22(24(32)29-21(15-30)11-20-3-5-27-23(20)31)34-25(33)28-6-4-26-12-17-8-18(13-26)10-19(9-17)14-26/h16-22,30H,3-15H2,1-2H3,(H,27,31)(H,28,33)(H,29,32)/t17?,18?,19?,20-,21-,22-,26?/m0/s1. The van der Waals surface area contributed by atoms with Crippen molar-refractivity contribution in [2.24, 2.45) is 35.0 Å². The Bertz CT molecular complexity index is 719. The Morgan fingerprint density at radius 2 is 1.79 bits per heavy atom. The molecule has 5 fully saturated rings. The highest BCUT2D eigenvalue weighted by molar-refractivity contribution is 5.84. The second-order valence-electron chi connectivity index (χ2n) is 12.0. The van der Waals surface area contributed by atoms with Crippen LogP contribution in [-0.4, -0.2) is 54.9 Å². The fourth-order valence-electron chi connectivity index (χ4n) is 7.52. The molecule has 4 saturated carbocycles. The summed E-state index contributed by atoms with van der Waals surface area (Å²) < 4.78 is 5.56. The molecule has 0 aromatic rings. The molecule has 3 atom stereocenters. The molecule has 3 amide bonds. The normalized spacial score (nSPS) is 33.5. The van der Waals surface area contributed by atoms with Crippen LogP contribution < -0.4 is 16.0 Å². The quantitative estimate of drug-likeness (QED) is 0.365. The highest BCUT2D eigenvalue weighted by Crippen LogP contribution is 2.61. The number of carbonyl (C=O) groups excluding carboxylic acids is 3. The molecule has 8 nitrogen and oxygen atoms in total. The number of carbonyl (C=O) groups is 3. The largest absolute Gasteiger partial charge is 0.436 e. The van der Waals surface area contributed by atoms with E-state index in [0.29, 0.717) is 37.8 Å². The van der Waals surface area contributed by atoms with E-state index in [1.165, 1.54) is 38.5 Å². The van der Waals surface area contributed by atoms with Gasteiger partial charge in [-0.25, -0.2) is 4.79 Å². The first-order chi connectivity index (χ1) is 16.2. The van der Waals surface area contributed by atoms with Crippen LogP contribution in [0.1, 0.15) is 78.1 Å². The molecule has 0 aromatic carbocycles. The molecule has 5 aliphatic rings. The predicted octanol–water partition coefficient (Wildman–Crippen LogP) is 2.74. The summed E-state index contributed by atoms with van der Waals surface area (Å²) >= 11 is 0. The number of aliphatic hydroxyl groups is 1. The zero-order chi connectivity index (χ0) is 24.3. The van der Waals surface area contributed by atoms with Crippen LogP contribution in [0.4, 0.5) is 4.79 Å². The molecule has 8 heteroatoms. The smallest absolute Gasteiger partial charge is 0.407 e. The number of hydrogen-bond acceptors (Lipinski definition) is 5. The van der Waals surface area contributed by atoms with E-state index in [1.807, 2.05) is 13.8 Å². The molecule has 0 radical (unpaired) electrons. The Balaban J connectivity index is 1.25. The maximum absolute atomic E-state index is 12.9. The van der Waals surface area contributed by atoms with Crippen molar-refractivity contribution >= 4 is 17.9 Å². The third kappa shape index (κ3) is 6.23. The molecule has 4 bridgehead atoms. The summed E-state index contributed by atoms with van der Waals surface area (Å²) in [5, 5.41) is 18.2. The van der Waals surface area contributed by atoms with Crippen LogP contribution in [0.5, 0.6) is 0 Å². The van der Waals surface area contributed by atoms with Gasteiger partial charge in [0.25, 0.3) is 5.91 Å². The molecule has 1 aliphatic heterocycles. The summed E-state index contributed by atoms with van der Waals surface area (Å²) in [6.07, 6.45) is 9.10. The van der Waals surface area contributed by atoms with Gasteiger partial charge in [0, 0.05) is 19.0 Å². The fourth-order valence-corrected chi connectivity index (χ4v) is 7.52. The first kappa shape index (κ1) is 25.3. The van der Waals surface area contributed by atoms with Gasteiger partial charge >= 0.3 is 6.09 Å². The third-order valence-corrected chi connectivity index (χ3v) is 8.62. The van der Waals surface area contributed by atoms with Gasteiger partial charge in [-0.3, -0.25) is 9.59 Å². The van der Waals surface area contributed by atoms with E-state index >= 15 is 0 Å². The van der Waals surface area contributed by atoms with Gasteiger partial charge in [-0.1, -0.05) is 13.8 Å². The van der Waals surface area contributed by atoms with E-state index in [1.54, 1.807) is 0 Å². The minimum absolute atomic E-state index is 0.0407. The molecule has 1 saturated heterocycles. The van der Waals surface area contributed by atoms with Crippen molar-refractivity contribution in [3.8, 4) is 0 Å². The molecule has 0 spiro atoms. The minimum atomic E-state index is -0.925. The SMILES string of the molecule is CC(C)C[C@H](OC(=O)NCCC12CC3CC(CC(C3)C1)C2)C(=O)N[C@H](CO)C[C@@H]1CCNC1=O. The lowest BCUT2D eigenvalue weighted by atomic mass is 9.49. The molecule has 34 heavy (non-hydrogen) atoms. The van der Waals surface area contributed by atoms with E-state index in [0.717, 1.165) is 24.2 Å². The predicted molar refractivity (Wildman–Crippen MR) is 128 cm³/mol. The number of amides is 3. The number of ether oxygens (including phenoxy) is 1. The van der Waals surface area contributed by atoms with Crippen molar-refractivity contribution in [1.29, 1.82) is 0 Å². The maximum Gasteiger partial charge on any atom is 0.407 e. The second-order valence-corrected chi connectivity index (χ2v) is 12.0. The lowest BCUT2D eigenvalue weighted by Crippen LogP contribution is -2.48. The van der Waals surface area contributed by atoms with Gasteiger partial charge < -0.3 is 25.8 Å². The Labute approximate surface area is 203 Å². The number of nitrogens with one attached hydrogen (secondary N) is 3. The molecule has 4 aliphatic carbocycles. The van der Waals surface area contributed by atoms with E-state index in [9.17, 15) is 19.5 Å². The van der Waals surface area contributed by atoms with Crippen LogP contribution in [0.2, 0.25) is 0 Å². The number of alkyl carbamates (subject to hydrolysis) is 1. The van der Waals surface area contributed by atoms with Crippen molar-refractivity contribution in [2.75, 3.05) is 19.7 Å². The Morgan fingerprint density at radius 3 is 2.32 bits per heavy atom. The van der Waals surface area contributed by atoms with Crippen LogP contribution >= 0.6 is 0 Å². The van der Waals surface area contributed by atoms with Gasteiger partial charge in [-0.15, -0.1) is 0 Å². The Morgan fingerprint density at radius 1 is 1.15 bits per heavy atom. The van der Waals surface area contributed by atoms with Gasteiger partial charge in [0.2, 0.25) is 5.91 Å². The molecule has 192 valence electrons. The monoisotopic (exact) mass is 477 g/mol. The van der Waals surface area contributed by atoms with Crippen molar-refractivity contribution < 1.29 is 24.2 Å². The van der Waals surface area contributed by atoms with Crippen molar-refractivity contribution in [3.05, 3.63) is 0 Å². The van der Waals surface area contributed by atoms with Crippen LogP contribution in [0.3, 0.4) is 0 Å². The van der Waals surface area contributed by atoms with E-state index < -0.39 is 24.1 Å². The lowest BCUT2D eigenvalue weighted by molar-refractivity contribution is -0.132. The van der Waals surface area contributed by atoms with Gasteiger partial charge in [0.1, 0.15) is 0 Å². The topological polar surface area (TPSA) is 117 Å². The number of rotatable bonds is 11. The van der Waals surface area contributed by atoms with E-state index in [4.69, 9.17) is 4.74 Å². The highest BCUT2D eigenvalue weighted by atomic mass is 16.6. The Hall–Kier alpha value is -1.83. The molecule has 0 unspecified atom stereocenters. The summed E-state index contributed by atoms with van der Waals surface area (Å²) in [6.45, 7) is 4.89. The lowest BCUT2D eigenvalue weighted by Gasteiger charge is -2.57. The first-order valence-corrected chi connectivity index (χ1v) is 13.4. The summed E-state index contributed by atoms with van der Waals surface area (Å²) in [4.78, 5) is 37.4. The van der Waals surface area contributed by atoms with E-state index in [2.05, 4.69) is 16.0 Å². The molecular formula is C26H43N3O5. The zero-order valence-electron chi connectivity index (χ0n) is 20.8. The van der Waals surface area contributed by atoms with Gasteiger partial charge in [-0.2, -0.15) is 0 Å². The summed E-state index contributed by atoms with van der Waals surface area (Å²) in [5.74, 6) is 2.13. The molecule has 1 heterocycles. The van der Waals surface area contributed by atoms with Gasteiger partial charge in [0.15, 0.2) is 6.10 Å². The summed E-state index contributed by atoms with van der Waals surface area (Å²) in [7, 11) is 0. The second kappa shape index (κ2) is 10.8. The average Bonchev–Trinajstić information content (AvgIpc) is 3.15. The molecule has 0 aromatic heterocycles. The minimum Gasteiger partial charge on any atom is -0.436 e. The average molecular weight is 478 g/mol. The zero-order valence-corrected chi connectivity index (χ0v) is 20.8. The van der Waals surface area contributed by atoms with Crippen LogP contribution in [0.25, 0.3) is 0 Å². The molecular weight excluding hydrogens is 434 g/mol. The maximum atomic E-state index is 12.9. The molecule has 5 rings (SSSR count). The van der Waals surface area contributed by atoms with Gasteiger partial charge in [-0.05, 0) is 93.3 Å². The fraction of sp³-hybridized carbons (Fsp3) is 0.885. The number of hydrogen-bond donors (Lipinski definition) is 4. The highest BCUT2D eigenvalue weighted by Gasteiger charge is 2.50. The van der Waals surface area contributed by atoms with Crippen LogP contribution in [0, 0.1) is 35.0 Å². The van der Waals surface area contributed by atoms with Crippen molar-refractivity contribution in [1.82, 2.24) is 16.0 Å². The van der Waals surface area contributed by atoms with Crippen molar-refractivity contribution in [3.63, 3.8) is 0 Å². The summed E-state index contributed by atoms with van der Waals surface area (Å²) in [6, 6.07) is -0.543. The van der Waals surface area contributed by atoms with Crippen LogP contribution in [0.15, 0.2) is 0 Å². The first-order valence-electron chi connectivity index (χ1n) is 13.4. The summed E-state index contributed by atoms with van der Waals surface area (Å²) in [5.41, 5.74) is 0.387. The van der Waals surface area contributed by atoms with E-state index in [-0.39, 0.29) is 24.3 Å².